The third-order valence-corrected chi connectivity index (χ3v) is 4.07. The van der Waals surface area contributed by atoms with Crippen molar-refractivity contribution in [3.63, 3.8) is 0 Å². The Hall–Kier alpha value is -0.580. The summed E-state index contributed by atoms with van der Waals surface area (Å²) in [7, 11) is 0. The fourth-order valence-electron chi connectivity index (χ4n) is 1.83. The zero-order valence-electron chi connectivity index (χ0n) is 7.42. The summed E-state index contributed by atoms with van der Waals surface area (Å²) in [6.07, 6.45) is 2.18. The highest BCUT2D eigenvalue weighted by Crippen LogP contribution is 2.40. The summed E-state index contributed by atoms with van der Waals surface area (Å²) in [5.74, 6) is -0.961. The largest absolute Gasteiger partial charge is 0.480 e. The summed E-state index contributed by atoms with van der Waals surface area (Å²) in [6.45, 7) is 0. The second-order valence-corrected chi connectivity index (χ2v) is 5.22. The van der Waals surface area contributed by atoms with Gasteiger partial charge in [0.25, 0.3) is 0 Å². The Kier molecular flexibility index (Phi) is 2.29. The molecule has 3 nitrogen and oxygen atoms in total. The Morgan fingerprint density at radius 1 is 1.71 bits per heavy atom. The molecule has 1 heterocycles. The van der Waals surface area contributed by atoms with Crippen molar-refractivity contribution in [1.82, 2.24) is 0 Å². The van der Waals surface area contributed by atoms with Gasteiger partial charge in [-0.3, -0.25) is 0 Å². The first-order valence-electron chi connectivity index (χ1n) is 4.35. The minimum absolute atomic E-state index is 0.492. The molecule has 0 saturated carbocycles. The van der Waals surface area contributed by atoms with Gasteiger partial charge in [-0.2, -0.15) is 0 Å². The van der Waals surface area contributed by atoms with Crippen LogP contribution >= 0.6 is 22.9 Å². The maximum atomic E-state index is 11.1. The number of halogens is 1. The zero-order valence-corrected chi connectivity index (χ0v) is 8.99. The number of hydrogen-bond donors (Lipinski definition) is 2. The molecule has 0 fully saturated rings. The lowest BCUT2D eigenvalue weighted by atomic mass is 9.83. The second kappa shape index (κ2) is 3.22. The number of aryl methyl sites for hydroxylation is 1. The molecule has 76 valence electrons. The molecule has 1 atom stereocenters. The van der Waals surface area contributed by atoms with E-state index in [1.54, 1.807) is 0 Å². The van der Waals surface area contributed by atoms with E-state index < -0.39 is 11.5 Å². The first kappa shape index (κ1) is 9.96. The molecule has 1 aliphatic carbocycles. The maximum absolute atomic E-state index is 11.1. The summed E-state index contributed by atoms with van der Waals surface area (Å²) in [6, 6.07) is 1.82. The van der Waals surface area contributed by atoms with Crippen molar-refractivity contribution >= 4 is 28.9 Å². The van der Waals surface area contributed by atoms with Crippen LogP contribution in [0.15, 0.2) is 6.07 Å². The average molecular weight is 232 g/mol. The van der Waals surface area contributed by atoms with Gasteiger partial charge in [-0.25, -0.2) is 4.79 Å². The number of hydrogen-bond acceptors (Lipinski definition) is 3. The smallest absolute Gasteiger partial charge is 0.329 e. The molecule has 3 N–H and O–H groups in total. The highest BCUT2D eigenvalue weighted by Gasteiger charge is 2.41. The quantitative estimate of drug-likeness (QED) is 0.777. The summed E-state index contributed by atoms with van der Waals surface area (Å²) in [5, 5.41) is 9.09. The van der Waals surface area contributed by atoms with Crippen LogP contribution < -0.4 is 5.73 Å². The van der Waals surface area contributed by atoms with Crippen LogP contribution in [0.3, 0.4) is 0 Å². The van der Waals surface area contributed by atoms with E-state index in [1.807, 2.05) is 6.07 Å². The minimum Gasteiger partial charge on any atom is -0.480 e. The van der Waals surface area contributed by atoms with E-state index in [-0.39, 0.29) is 0 Å². The molecule has 1 aromatic rings. The van der Waals surface area contributed by atoms with Crippen molar-refractivity contribution in [3.05, 3.63) is 20.8 Å². The topological polar surface area (TPSA) is 63.3 Å². The Morgan fingerprint density at radius 3 is 3.07 bits per heavy atom. The molecule has 0 bridgehead atoms. The molecular weight excluding hydrogens is 222 g/mol. The van der Waals surface area contributed by atoms with Gasteiger partial charge >= 0.3 is 5.97 Å². The number of nitrogens with two attached hydrogens (primary N) is 1. The Bertz CT molecular complexity index is 390. The molecule has 0 aromatic carbocycles. The Morgan fingerprint density at radius 2 is 2.43 bits per heavy atom. The van der Waals surface area contributed by atoms with E-state index >= 15 is 0 Å². The number of rotatable bonds is 1. The number of thiophene rings is 1. The normalized spacial score (nSPS) is 25.9. The third kappa shape index (κ3) is 1.34. The van der Waals surface area contributed by atoms with E-state index in [1.165, 1.54) is 11.3 Å². The molecule has 1 unspecified atom stereocenters. The van der Waals surface area contributed by atoms with Gasteiger partial charge < -0.3 is 10.8 Å². The Balaban J connectivity index is 2.54. The molecule has 0 spiro atoms. The van der Waals surface area contributed by atoms with E-state index in [9.17, 15) is 4.79 Å². The van der Waals surface area contributed by atoms with Crippen LogP contribution in [0.4, 0.5) is 0 Å². The molecule has 0 saturated heterocycles. The number of fused-ring (bicyclic) bond motifs is 1. The fourth-order valence-corrected chi connectivity index (χ4v) is 3.26. The van der Waals surface area contributed by atoms with Gasteiger partial charge in [-0.15, -0.1) is 11.3 Å². The van der Waals surface area contributed by atoms with Crippen molar-refractivity contribution in [2.45, 2.75) is 24.8 Å². The summed E-state index contributed by atoms with van der Waals surface area (Å²) in [4.78, 5) is 11.8. The van der Waals surface area contributed by atoms with Crippen LogP contribution in [0, 0.1) is 0 Å². The van der Waals surface area contributed by atoms with Crippen LogP contribution in [-0.4, -0.2) is 11.1 Å². The van der Waals surface area contributed by atoms with Crippen molar-refractivity contribution in [1.29, 1.82) is 0 Å². The van der Waals surface area contributed by atoms with E-state index in [0.717, 1.165) is 23.3 Å². The first-order valence-corrected chi connectivity index (χ1v) is 5.54. The zero-order chi connectivity index (χ0) is 10.3. The molecule has 14 heavy (non-hydrogen) atoms. The first-order chi connectivity index (χ1) is 6.54. The summed E-state index contributed by atoms with van der Waals surface area (Å²) in [5.41, 5.74) is 5.66. The lowest BCUT2D eigenvalue weighted by molar-refractivity contribution is -0.144. The van der Waals surface area contributed by atoms with E-state index in [0.29, 0.717) is 10.8 Å². The molecule has 0 radical (unpaired) electrons. The summed E-state index contributed by atoms with van der Waals surface area (Å²) >= 11 is 7.14. The van der Waals surface area contributed by atoms with Gasteiger partial charge in [0.1, 0.15) is 5.54 Å². The lowest BCUT2D eigenvalue weighted by Crippen LogP contribution is -2.46. The molecule has 1 aromatic heterocycles. The van der Waals surface area contributed by atoms with Crippen LogP contribution in [0.25, 0.3) is 0 Å². The monoisotopic (exact) mass is 231 g/mol. The van der Waals surface area contributed by atoms with Crippen LogP contribution in [0.5, 0.6) is 0 Å². The predicted molar refractivity (Wildman–Crippen MR) is 55.8 cm³/mol. The number of carboxylic acids is 1. The predicted octanol–water partition coefficient (Wildman–Crippen LogP) is 1.98. The molecule has 0 aliphatic heterocycles. The van der Waals surface area contributed by atoms with Gasteiger partial charge in [0.05, 0.1) is 4.34 Å². The van der Waals surface area contributed by atoms with Gasteiger partial charge in [-0.05, 0) is 30.9 Å². The molecule has 0 amide bonds. The van der Waals surface area contributed by atoms with Gasteiger partial charge in [0, 0.05) is 4.88 Å². The standard InChI is InChI=1S/C9H10ClNO2S/c10-6-4-5-2-1-3-9(11,8(12)13)7(5)14-6/h4H,1-3,11H2,(H,12,13). The van der Waals surface area contributed by atoms with Crippen LogP contribution in [-0.2, 0) is 16.8 Å². The average Bonchev–Trinajstić information content (AvgIpc) is 2.47. The number of carboxylic acid groups (broad SMARTS) is 1. The highest BCUT2D eigenvalue weighted by molar-refractivity contribution is 7.16. The lowest BCUT2D eigenvalue weighted by Gasteiger charge is -2.28. The molecule has 1 aliphatic rings. The van der Waals surface area contributed by atoms with E-state index in [4.69, 9.17) is 22.4 Å². The van der Waals surface area contributed by atoms with Gasteiger partial charge in [-0.1, -0.05) is 11.6 Å². The summed E-state index contributed by atoms with van der Waals surface area (Å²) < 4.78 is 0.618. The third-order valence-electron chi connectivity index (χ3n) is 2.58. The fraction of sp³-hybridized carbons (Fsp3) is 0.444. The number of carbonyl (C=O) groups is 1. The van der Waals surface area contributed by atoms with Crippen LogP contribution in [0.1, 0.15) is 23.3 Å². The Labute approximate surface area is 90.5 Å². The van der Waals surface area contributed by atoms with Gasteiger partial charge in [0.15, 0.2) is 0 Å². The van der Waals surface area contributed by atoms with E-state index in [2.05, 4.69) is 0 Å². The number of aliphatic carboxylic acids is 1. The van der Waals surface area contributed by atoms with Crippen molar-refractivity contribution < 1.29 is 9.90 Å². The van der Waals surface area contributed by atoms with Crippen LogP contribution in [0.2, 0.25) is 4.34 Å². The van der Waals surface area contributed by atoms with Gasteiger partial charge in [0.2, 0.25) is 0 Å². The minimum atomic E-state index is -1.22. The van der Waals surface area contributed by atoms with Crippen molar-refractivity contribution in [3.8, 4) is 0 Å². The second-order valence-electron chi connectivity index (χ2n) is 3.53. The van der Waals surface area contributed by atoms with Crippen molar-refractivity contribution in [2.24, 2.45) is 5.73 Å². The molecule has 5 heteroatoms. The molecule has 2 rings (SSSR count). The SMILES string of the molecule is NC1(C(=O)O)CCCc2cc(Cl)sc21. The van der Waals surface area contributed by atoms with Crippen molar-refractivity contribution in [2.75, 3.05) is 0 Å². The highest BCUT2D eigenvalue weighted by atomic mass is 35.5. The molecular formula is C9H10ClNO2S. The maximum Gasteiger partial charge on any atom is 0.329 e.